The zero-order valence-corrected chi connectivity index (χ0v) is 14.4. The summed E-state index contributed by atoms with van der Waals surface area (Å²) in [5.74, 6) is -0.950. The van der Waals surface area contributed by atoms with E-state index in [1.54, 1.807) is 24.3 Å². The molecule has 0 unspecified atom stereocenters. The first-order chi connectivity index (χ1) is 12.5. The van der Waals surface area contributed by atoms with Gasteiger partial charge in [0.1, 0.15) is 5.82 Å². The molecule has 3 aromatic rings. The lowest BCUT2D eigenvalue weighted by molar-refractivity contribution is -0.117. The van der Waals surface area contributed by atoms with Crippen molar-refractivity contribution in [2.24, 2.45) is 5.92 Å². The van der Waals surface area contributed by atoms with Crippen LogP contribution >= 0.6 is 12.2 Å². The summed E-state index contributed by atoms with van der Waals surface area (Å²) in [4.78, 5) is 30.1. The van der Waals surface area contributed by atoms with Gasteiger partial charge in [0.2, 0.25) is 5.91 Å². The number of carbonyl (C=O) groups excluding carboxylic acids is 2. The molecule has 1 aliphatic rings. The smallest absolute Gasteiger partial charge is 0.257 e. The highest BCUT2D eigenvalue weighted by Gasteiger charge is 2.29. The molecule has 132 valence electrons. The topological polar surface area (TPSA) is 89.8 Å². The maximum absolute atomic E-state index is 13.8. The number of amides is 2. The van der Waals surface area contributed by atoms with Gasteiger partial charge in [-0.25, -0.2) is 4.39 Å². The van der Waals surface area contributed by atoms with E-state index < -0.39 is 11.7 Å². The van der Waals surface area contributed by atoms with Crippen molar-refractivity contribution in [3.8, 4) is 0 Å². The molecule has 8 heteroatoms. The van der Waals surface area contributed by atoms with Gasteiger partial charge in [-0.05, 0) is 55.4 Å². The molecule has 26 heavy (non-hydrogen) atoms. The molecule has 6 nitrogen and oxygen atoms in total. The molecule has 1 aliphatic carbocycles. The fourth-order valence-electron chi connectivity index (χ4n) is 2.75. The number of anilines is 2. The number of rotatable bonds is 4. The summed E-state index contributed by atoms with van der Waals surface area (Å²) in [5, 5.41) is 5.54. The fraction of sp³-hybridized carbons (Fsp3) is 0.167. The van der Waals surface area contributed by atoms with Crippen molar-refractivity contribution in [3.63, 3.8) is 0 Å². The lowest BCUT2D eigenvalue weighted by atomic mass is 10.1. The first kappa shape index (κ1) is 16.5. The molecule has 0 atom stereocenters. The Bertz CT molecular complexity index is 1080. The van der Waals surface area contributed by atoms with Gasteiger partial charge in [0.05, 0.1) is 16.6 Å². The Balaban J connectivity index is 1.58. The number of hydrogen-bond donors (Lipinski definition) is 4. The van der Waals surface area contributed by atoms with Crippen molar-refractivity contribution in [2.45, 2.75) is 12.8 Å². The van der Waals surface area contributed by atoms with Gasteiger partial charge >= 0.3 is 0 Å². The Morgan fingerprint density at radius 2 is 1.81 bits per heavy atom. The minimum atomic E-state index is -0.543. The number of H-pyrrole nitrogens is 2. The number of carbonyl (C=O) groups is 2. The van der Waals surface area contributed by atoms with Gasteiger partial charge in [-0.2, -0.15) is 0 Å². The molecule has 0 radical (unpaired) electrons. The Hall–Kier alpha value is -3.00. The molecule has 0 aliphatic heterocycles. The quantitative estimate of drug-likeness (QED) is 0.524. The maximum Gasteiger partial charge on any atom is 0.257 e. The van der Waals surface area contributed by atoms with Crippen molar-refractivity contribution < 1.29 is 14.0 Å². The van der Waals surface area contributed by atoms with Crippen LogP contribution in [0.4, 0.5) is 15.8 Å². The monoisotopic (exact) mass is 370 g/mol. The number of benzene rings is 2. The summed E-state index contributed by atoms with van der Waals surface area (Å²) < 4.78 is 14.1. The second kappa shape index (κ2) is 6.38. The van der Waals surface area contributed by atoms with Gasteiger partial charge in [0.15, 0.2) is 4.77 Å². The van der Waals surface area contributed by atoms with E-state index in [1.165, 1.54) is 6.07 Å². The zero-order chi connectivity index (χ0) is 18.3. The third-order valence-electron chi connectivity index (χ3n) is 4.17. The summed E-state index contributed by atoms with van der Waals surface area (Å²) >= 11 is 5.01. The minimum Gasteiger partial charge on any atom is -0.331 e. The maximum atomic E-state index is 13.8. The third kappa shape index (κ3) is 3.36. The standard InChI is InChI=1S/C18H15FN4O2S/c19-10-6-13(15-14(7-10)22-18(26)23-15)17(25)21-12-3-1-2-11(8-12)20-16(24)9-4-5-9/h1-3,6-9H,4-5H2,(H,20,24)(H,21,25)(H2,22,23,26). The van der Waals surface area contributed by atoms with E-state index >= 15 is 0 Å². The lowest BCUT2D eigenvalue weighted by Crippen LogP contribution is -2.15. The molecule has 1 fully saturated rings. The van der Waals surface area contributed by atoms with Crippen LogP contribution in [0, 0.1) is 16.5 Å². The van der Waals surface area contributed by atoms with Gasteiger partial charge in [0, 0.05) is 17.3 Å². The van der Waals surface area contributed by atoms with Crippen molar-refractivity contribution >= 4 is 46.4 Å². The number of aromatic nitrogens is 2. The first-order valence-electron chi connectivity index (χ1n) is 8.13. The van der Waals surface area contributed by atoms with Crippen LogP contribution in [0.3, 0.4) is 0 Å². The molecule has 1 saturated carbocycles. The number of aromatic amines is 2. The van der Waals surface area contributed by atoms with E-state index in [4.69, 9.17) is 12.2 Å². The molecule has 4 rings (SSSR count). The van der Waals surface area contributed by atoms with Crippen LogP contribution in [0.25, 0.3) is 11.0 Å². The Morgan fingerprint density at radius 3 is 2.54 bits per heavy atom. The fourth-order valence-corrected chi connectivity index (χ4v) is 2.96. The van der Waals surface area contributed by atoms with Crippen LogP contribution in [0.1, 0.15) is 23.2 Å². The summed E-state index contributed by atoms with van der Waals surface area (Å²) in [7, 11) is 0. The predicted octanol–water partition coefficient (Wildman–Crippen LogP) is 3.97. The Morgan fingerprint density at radius 1 is 1.08 bits per heavy atom. The van der Waals surface area contributed by atoms with Gasteiger partial charge < -0.3 is 20.6 Å². The zero-order valence-electron chi connectivity index (χ0n) is 13.6. The number of hydrogen-bond acceptors (Lipinski definition) is 3. The van der Waals surface area contributed by atoms with Gasteiger partial charge in [-0.1, -0.05) is 6.07 Å². The van der Waals surface area contributed by atoms with Crippen LogP contribution in [0.5, 0.6) is 0 Å². The Kier molecular flexibility index (Phi) is 4.04. The van der Waals surface area contributed by atoms with Crippen molar-refractivity contribution in [2.75, 3.05) is 10.6 Å². The second-order valence-corrected chi connectivity index (χ2v) is 6.66. The highest BCUT2D eigenvalue weighted by Crippen LogP contribution is 2.30. The van der Waals surface area contributed by atoms with E-state index in [0.29, 0.717) is 27.2 Å². The molecule has 0 saturated heterocycles. The number of halogens is 1. The molecule has 1 heterocycles. The van der Waals surface area contributed by atoms with Crippen LogP contribution < -0.4 is 10.6 Å². The summed E-state index contributed by atoms with van der Waals surface area (Å²) in [6.07, 6.45) is 1.83. The van der Waals surface area contributed by atoms with E-state index in [0.717, 1.165) is 18.9 Å². The van der Waals surface area contributed by atoms with Gasteiger partial charge in [0.25, 0.3) is 5.91 Å². The molecule has 1 aromatic heterocycles. The average Bonchev–Trinajstić information content (AvgIpc) is 3.36. The van der Waals surface area contributed by atoms with Crippen LogP contribution in [-0.2, 0) is 4.79 Å². The Labute approximate surface area is 152 Å². The van der Waals surface area contributed by atoms with E-state index in [9.17, 15) is 14.0 Å². The lowest BCUT2D eigenvalue weighted by Gasteiger charge is -2.09. The molecule has 2 amide bonds. The second-order valence-electron chi connectivity index (χ2n) is 6.25. The number of nitrogens with one attached hydrogen (secondary N) is 4. The molecule has 4 N–H and O–H groups in total. The highest BCUT2D eigenvalue weighted by atomic mass is 32.1. The van der Waals surface area contributed by atoms with Crippen molar-refractivity contribution in [3.05, 3.63) is 52.5 Å². The minimum absolute atomic E-state index is 0.0137. The SMILES string of the molecule is O=C(Nc1cccc(NC(=O)C2CC2)c1)c1cc(F)cc2[nH]c(=S)[nH]c12. The number of fused-ring (bicyclic) bond motifs is 1. The molecule has 0 bridgehead atoms. The molecular weight excluding hydrogens is 355 g/mol. The summed E-state index contributed by atoms with van der Waals surface area (Å²) in [5.41, 5.74) is 2.10. The summed E-state index contributed by atoms with van der Waals surface area (Å²) in [6.45, 7) is 0. The van der Waals surface area contributed by atoms with Gasteiger partial charge in [-0.15, -0.1) is 0 Å². The van der Waals surface area contributed by atoms with Crippen molar-refractivity contribution in [1.29, 1.82) is 0 Å². The number of imidazole rings is 1. The first-order valence-corrected chi connectivity index (χ1v) is 8.54. The molecular formula is C18H15FN4O2S. The summed E-state index contributed by atoms with van der Waals surface area (Å²) in [6, 6.07) is 9.25. The molecule has 2 aromatic carbocycles. The van der Waals surface area contributed by atoms with Gasteiger partial charge in [-0.3, -0.25) is 9.59 Å². The predicted molar refractivity (Wildman–Crippen MR) is 99.2 cm³/mol. The van der Waals surface area contributed by atoms with E-state index in [1.807, 2.05) is 0 Å². The van der Waals surface area contributed by atoms with E-state index in [2.05, 4.69) is 20.6 Å². The van der Waals surface area contributed by atoms with E-state index in [-0.39, 0.29) is 17.4 Å². The molecule has 0 spiro atoms. The normalized spacial score (nSPS) is 13.6. The average molecular weight is 370 g/mol. The largest absolute Gasteiger partial charge is 0.331 e. The van der Waals surface area contributed by atoms with Crippen molar-refractivity contribution in [1.82, 2.24) is 9.97 Å². The van der Waals surface area contributed by atoms with Crippen LogP contribution in [0.15, 0.2) is 36.4 Å². The van der Waals surface area contributed by atoms with Crippen LogP contribution in [-0.4, -0.2) is 21.8 Å². The highest BCUT2D eigenvalue weighted by molar-refractivity contribution is 7.71. The van der Waals surface area contributed by atoms with Crippen LogP contribution in [0.2, 0.25) is 0 Å². The third-order valence-corrected chi connectivity index (χ3v) is 4.37.